The van der Waals surface area contributed by atoms with E-state index in [1.54, 1.807) is 0 Å². The van der Waals surface area contributed by atoms with E-state index in [2.05, 4.69) is 10.3 Å². The first kappa shape index (κ1) is 12.1. The molecule has 0 saturated carbocycles. The second-order valence-corrected chi connectivity index (χ2v) is 4.65. The Labute approximate surface area is 101 Å². The monoisotopic (exact) mass is 233 g/mol. The van der Waals surface area contributed by atoms with Gasteiger partial charge in [0, 0.05) is 25.5 Å². The molecule has 2 aromatic heterocycles. The number of aromatic nitrogens is 2. The Bertz CT molecular complexity index is 457. The third-order valence-corrected chi connectivity index (χ3v) is 2.99. The average molecular weight is 233 g/mol. The predicted molar refractivity (Wildman–Crippen MR) is 67.8 cm³/mol. The molecule has 0 aliphatic heterocycles. The molecule has 0 spiro atoms. The highest BCUT2D eigenvalue weighted by Gasteiger charge is 2.16. The van der Waals surface area contributed by atoms with Crippen molar-refractivity contribution in [2.75, 3.05) is 6.54 Å². The smallest absolute Gasteiger partial charge is 0.137 e. The Morgan fingerprint density at radius 3 is 3.00 bits per heavy atom. The number of fused-ring (bicyclic) bond motifs is 1. The highest BCUT2D eigenvalue weighted by Crippen LogP contribution is 2.07. The minimum atomic E-state index is -0.640. The van der Waals surface area contributed by atoms with E-state index in [1.165, 1.54) is 0 Å². The number of aliphatic hydroxyl groups is 1. The van der Waals surface area contributed by atoms with Gasteiger partial charge in [-0.25, -0.2) is 4.98 Å². The van der Waals surface area contributed by atoms with Gasteiger partial charge in [-0.1, -0.05) is 13.0 Å². The average Bonchev–Trinajstić information content (AvgIpc) is 2.71. The zero-order chi connectivity index (χ0) is 12.3. The summed E-state index contributed by atoms with van der Waals surface area (Å²) < 4.78 is 2.00. The minimum Gasteiger partial charge on any atom is -0.389 e. The van der Waals surface area contributed by atoms with Crippen molar-refractivity contribution in [2.24, 2.45) is 0 Å². The van der Waals surface area contributed by atoms with Crippen LogP contribution in [0.4, 0.5) is 0 Å². The van der Waals surface area contributed by atoms with Gasteiger partial charge >= 0.3 is 0 Å². The topological polar surface area (TPSA) is 49.6 Å². The molecule has 0 saturated heterocycles. The van der Waals surface area contributed by atoms with Crippen molar-refractivity contribution in [3.8, 4) is 0 Å². The molecule has 0 aromatic carbocycles. The summed E-state index contributed by atoms with van der Waals surface area (Å²) in [4.78, 5) is 4.48. The molecule has 92 valence electrons. The second kappa shape index (κ2) is 4.85. The summed E-state index contributed by atoms with van der Waals surface area (Å²) in [6.07, 6.45) is 4.72. The number of nitrogens with zero attached hydrogens (tertiary/aromatic N) is 2. The van der Waals surface area contributed by atoms with Crippen LogP contribution in [0.1, 0.15) is 26.0 Å². The van der Waals surface area contributed by atoms with Crippen LogP contribution in [-0.2, 0) is 6.54 Å². The van der Waals surface area contributed by atoms with Crippen LogP contribution in [0.25, 0.3) is 5.65 Å². The fourth-order valence-electron chi connectivity index (χ4n) is 1.66. The molecule has 2 N–H and O–H groups in total. The first-order valence-corrected chi connectivity index (χ1v) is 5.96. The first-order valence-electron chi connectivity index (χ1n) is 5.96. The molecule has 0 amide bonds. The number of pyridine rings is 1. The summed E-state index contributed by atoms with van der Waals surface area (Å²) in [6, 6.07) is 5.93. The van der Waals surface area contributed by atoms with E-state index < -0.39 is 5.60 Å². The summed E-state index contributed by atoms with van der Waals surface area (Å²) >= 11 is 0. The Kier molecular flexibility index (Phi) is 3.45. The molecular weight excluding hydrogens is 214 g/mol. The van der Waals surface area contributed by atoms with Gasteiger partial charge in [0.15, 0.2) is 0 Å². The summed E-state index contributed by atoms with van der Waals surface area (Å²) in [6.45, 7) is 5.07. The lowest BCUT2D eigenvalue weighted by atomic mass is 10.0. The fourth-order valence-corrected chi connectivity index (χ4v) is 1.66. The lowest BCUT2D eigenvalue weighted by Gasteiger charge is -2.21. The van der Waals surface area contributed by atoms with Crippen molar-refractivity contribution in [2.45, 2.75) is 32.4 Å². The highest BCUT2D eigenvalue weighted by atomic mass is 16.3. The van der Waals surface area contributed by atoms with Crippen LogP contribution in [0, 0.1) is 0 Å². The van der Waals surface area contributed by atoms with Crippen LogP contribution >= 0.6 is 0 Å². The molecule has 1 atom stereocenters. The van der Waals surface area contributed by atoms with E-state index in [-0.39, 0.29) is 0 Å². The Hall–Kier alpha value is -1.39. The SMILES string of the molecule is CCC(C)(O)CNCc1cn2ccccc2n1. The number of imidazole rings is 1. The van der Waals surface area contributed by atoms with Crippen molar-refractivity contribution in [1.82, 2.24) is 14.7 Å². The van der Waals surface area contributed by atoms with Crippen molar-refractivity contribution in [1.29, 1.82) is 0 Å². The number of nitrogens with one attached hydrogen (secondary N) is 1. The number of hydrogen-bond acceptors (Lipinski definition) is 3. The van der Waals surface area contributed by atoms with Gasteiger partial charge < -0.3 is 14.8 Å². The molecule has 17 heavy (non-hydrogen) atoms. The molecule has 4 heteroatoms. The molecule has 0 radical (unpaired) electrons. The fraction of sp³-hybridized carbons (Fsp3) is 0.462. The van der Waals surface area contributed by atoms with Crippen LogP contribution in [0.5, 0.6) is 0 Å². The van der Waals surface area contributed by atoms with Gasteiger partial charge in [-0.2, -0.15) is 0 Å². The number of rotatable bonds is 5. The van der Waals surface area contributed by atoms with E-state index in [0.717, 1.165) is 17.8 Å². The van der Waals surface area contributed by atoms with Gasteiger partial charge in [0.1, 0.15) is 5.65 Å². The van der Waals surface area contributed by atoms with Crippen LogP contribution in [-0.4, -0.2) is 26.6 Å². The lowest BCUT2D eigenvalue weighted by molar-refractivity contribution is 0.0555. The van der Waals surface area contributed by atoms with E-state index in [4.69, 9.17) is 0 Å². The van der Waals surface area contributed by atoms with Crippen molar-refractivity contribution in [3.05, 3.63) is 36.3 Å². The van der Waals surface area contributed by atoms with Crippen molar-refractivity contribution in [3.63, 3.8) is 0 Å². The number of hydrogen-bond donors (Lipinski definition) is 2. The maximum atomic E-state index is 9.85. The quantitative estimate of drug-likeness (QED) is 0.824. The molecular formula is C13H19N3O. The summed E-state index contributed by atoms with van der Waals surface area (Å²) in [5, 5.41) is 13.1. The lowest BCUT2D eigenvalue weighted by Crippen LogP contribution is -2.36. The van der Waals surface area contributed by atoms with E-state index in [9.17, 15) is 5.11 Å². The highest BCUT2D eigenvalue weighted by molar-refractivity contribution is 5.39. The Morgan fingerprint density at radius 2 is 2.29 bits per heavy atom. The van der Waals surface area contributed by atoms with Crippen LogP contribution in [0.2, 0.25) is 0 Å². The standard InChI is InChI=1S/C13H19N3O/c1-3-13(2,17)10-14-8-11-9-16-7-5-4-6-12(16)15-11/h4-7,9,14,17H,3,8,10H2,1-2H3. The molecule has 0 bridgehead atoms. The van der Waals surface area contributed by atoms with Crippen LogP contribution in [0.3, 0.4) is 0 Å². The van der Waals surface area contributed by atoms with Gasteiger partial charge in [0.05, 0.1) is 11.3 Å². The molecule has 2 heterocycles. The van der Waals surface area contributed by atoms with Crippen LogP contribution in [0.15, 0.2) is 30.6 Å². The first-order chi connectivity index (χ1) is 8.11. The summed E-state index contributed by atoms with van der Waals surface area (Å²) in [5.41, 5.74) is 1.30. The third-order valence-electron chi connectivity index (χ3n) is 2.99. The maximum Gasteiger partial charge on any atom is 0.137 e. The van der Waals surface area contributed by atoms with Crippen molar-refractivity contribution >= 4 is 5.65 Å². The molecule has 4 nitrogen and oxygen atoms in total. The third kappa shape index (κ3) is 3.05. The second-order valence-electron chi connectivity index (χ2n) is 4.65. The summed E-state index contributed by atoms with van der Waals surface area (Å²) in [5.74, 6) is 0. The zero-order valence-corrected chi connectivity index (χ0v) is 10.3. The molecule has 1 unspecified atom stereocenters. The molecule has 0 fully saturated rings. The normalized spacial score (nSPS) is 15.0. The van der Waals surface area contributed by atoms with E-state index in [1.807, 2.05) is 48.8 Å². The van der Waals surface area contributed by atoms with Crippen molar-refractivity contribution < 1.29 is 5.11 Å². The van der Waals surface area contributed by atoms with Gasteiger partial charge in [-0.3, -0.25) is 0 Å². The van der Waals surface area contributed by atoms with Crippen LogP contribution < -0.4 is 5.32 Å². The predicted octanol–water partition coefficient (Wildman–Crippen LogP) is 1.58. The molecule has 2 rings (SSSR count). The van der Waals surface area contributed by atoms with Gasteiger partial charge in [-0.05, 0) is 25.5 Å². The molecule has 0 aliphatic carbocycles. The van der Waals surface area contributed by atoms with Gasteiger partial charge in [0.2, 0.25) is 0 Å². The minimum absolute atomic E-state index is 0.581. The molecule has 2 aromatic rings. The van der Waals surface area contributed by atoms with Gasteiger partial charge in [-0.15, -0.1) is 0 Å². The summed E-state index contributed by atoms with van der Waals surface area (Å²) in [7, 11) is 0. The zero-order valence-electron chi connectivity index (χ0n) is 10.3. The van der Waals surface area contributed by atoms with E-state index >= 15 is 0 Å². The largest absolute Gasteiger partial charge is 0.389 e. The van der Waals surface area contributed by atoms with Gasteiger partial charge in [0.25, 0.3) is 0 Å². The molecule has 0 aliphatic rings. The Morgan fingerprint density at radius 1 is 1.47 bits per heavy atom. The van der Waals surface area contributed by atoms with E-state index in [0.29, 0.717) is 13.1 Å². The Balaban J connectivity index is 1.95. The maximum absolute atomic E-state index is 9.85.